The average molecular weight is 243 g/mol. The summed E-state index contributed by atoms with van der Waals surface area (Å²) in [5.41, 5.74) is 1.04. The summed E-state index contributed by atoms with van der Waals surface area (Å²) in [6.45, 7) is 5.06. The number of nitrogens with one attached hydrogen (secondary N) is 1. The van der Waals surface area contributed by atoms with Crippen LogP contribution in [0.15, 0.2) is 29.2 Å². The summed E-state index contributed by atoms with van der Waals surface area (Å²) < 4.78 is 31.0. The monoisotopic (exact) mass is 243 g/mol. The molecule has 5 heteroatoms. The highest BCUT2D eigenvalue weighted by atomic mass is 32.2. The van der Waals surface area contributed by atoms with Crippen molar-refractivity contribution in [1.29, 1.82) is 0 Å². The molecule has 1 aromatic carbocycles. The van der Waals surface area contributed by atoms with Gasteiger partial charge in [0.15, 0.2) is 0 Å². The molecule has 0 saturated carbocycles. The number of benzene rings is 1. The average Bonchev–Trinajstić information content (AvgIpc) is 2.25. The Balaban J connectivity index is 2.60. The summed E-state index contributed by atoms with van der Waals surface area (Å²) in [5, 5.41) is 0. The summed E-state index contributed by atoms with van der Waals surface area (Å²) in [4.78, 5) is 0.287. The number of rotatable bonds is 6. The number of hydrogen-bond donors (Lipinski definition) is 1. The third-order valence-corrected chi connectivity index (χ3v) is 3.55. The molecule has 16 heavy (non-hydrogen) atoms. The first-order chi connectivity index (χ1) is 7.56. The molecule has 0 aliphatic carbocycles. The lowest BCUT2D eigenvalue weighted by molar-refractivity contribution is 0.153. The van der Waals surface area contributed by atoms with Crippen LogP contribution in [0.4, 0.5) is 0 Å². The molecule has 0 unspecified atom stereocenters. The SMILES string of the molecule is CCOCCNS(=O)(=O)c1ccc(C)cc1. The third kappa shape index (κ3) is 3.92. The number of aryl methyl sites for hydroxylation is 1. The minimum absolute atomic E-state index is 0.287. The lowest BCUT2D eigenvalue weighted by atomic mass is 10.2. The van der Waals surface area contributed by atoms with Gasteiger partial charge >= 0.3 is 0 Å². The van der Waals surface area contributed by atoms with Crippen LogP contribution < -0.4 is 4.72 Å². The van der Waals surface area contributed by atoms with Gasteiger partial charge in [-0.3, -0.25) is 0 Å². The van der Waals surface area contributed by atoms with Gasteiger partial charge in [0.1, 0.15) is 0 Å². The van der Waals surface area contributed by atoms with E-state index >= 15 is 0 Å². The zero-order valence-corrected chi connectivity index (χ0v) is 10.4. The molecule has 4 nitrogen and oxygen atoms in total. The van der Waals surface area contributed by atoms with Crippen LogP contribution in [-0.4, -0.2) is 28.2 Å². The molecule has 1 rings (SSSR count). The summed E-state index contributed by atoms with van der Waals surface area (Å²) in [7, 11) is -3.39. The van der Waals surface area contributed by atoms with Crippen LogP contribution in [0, 0.1) is 6.92 Å². The molecule has 0 aliphatic heterocycles. The molecule has 0 atom stereocenters. The fourth-order valence-electron chi connectivity index (χ4n) is 1.19. The summed E-state index contributed by atoms with van der Waals surface area (Å²) in [6.07, 6.45) is 0. The van der Waals surface area contributed by atoms with Gasteiger partial charge in [0.25, 0.3) is 0 Å². The number of ether oxygens (including phenoxy) is 1. The molecular formula is C11H17NO3S. The Hall–Kier alpha value is -0.910. The summed E-state index contributed by atoms with van der Waals surface area (Å²) in [5.74, 6) is 0. The molecule has 0 heterocycles. The van der Waals surface area contributed by atoms with Gasteiger partial charge in [-0.05, 0) is 26.0 Å². The lowest BCUT2D eigenvalue weighted by Crippen LogP contribution is -2.27. The standard InChI is InChI=1S/C11H17NO3S/c1-3-15-9-8-12-16(13,14)11-6-4-10(2)5-7-11/h4-7,12H,3,8-9H2,1-2H3. The van der Waals surface area contributed by atoms with Gasteiger partial charge in [-0.25, -0.2) is 13.1 Å². The van der Waals surface area contributed by atoms with Crippen LogP contribution in [0.2, 0.25) is 0 Å². The van der Waals surface area contributed by atoms with Gasteiger partial charge in [-0.2, -0.15) is 0 Å². The second kappa shape index (κ2) is 5.98. The minimum atomic E-state index is -3.39. The van der Waals surface area contributed by atoms with Crippen LogP contribution >= 0.6 is 0 Å². The van der Waals surface area contributed by atoms with E-state index in [0.717, 1.165) is 5.56 Å². The van der Waals surface area contributed by atoms with E-state index in [0.29, 0.717) is 19.8 Å². The van der Waals surface area contributed by atoms with Crippen molar-refractivity contribution in [2.75, 3.05) is 19.8 Å². The molecule has 0 fully saturated rings. The van der Waals surface area contributed by atoms with Crippen LogP contribution in [0.3, 0.4) is 0 Å². The van der Waals surface area contributed by atoms with Crippen molar-refractivity contribution in [2.45, 2.75) is 18.7 Å². The first kappa shape index (κ1) is 13.2. The van der Waals surface area contributed by atoms with E-state index in [2.05, 4.69) is 4.72 Å². The molecule has 0 aromatic heterocycles. The van der Waals surface area contributed by atoms with Crippen molar-refractivity contribution >= 4 is 10.0 Å². The van der Waals surface area contributed by atoms with Crippen molar-refractivity contribution < 1.29 is 13.2 Å². The lowest BCUT2D eigenvalue weighted by Gasteiger charge is -2.06. The van der Waals surface area contributed by atoms with Gasteiger partial charge in [0, 0.05) is 13.2 Å². The highest BCUT2D eigenvalue weighted by molar-refractivity contribution is 7.89. The summed E-state index contributed by atoms with van der Waals surface area (Å²) >= 11 is 0. The Kier molecular flexibility index (Phi) is 4.92. The van der Waals surface area contributed by atoms with Crippen LogP contribution in [0.25, 0.3) is 0 Å². The Labute approximate surface area is 96.7 Å². The van der Waals surface area contributed by atoms with Crippen molar-refractivity contribution in [2.24, 2.45) is 0 Å². The Morgan fingerprint density at radius 2 is 1.88 bits per heavy atom. The highest BCUT2D eigenvalue weighted by Crippen LogP contribution is 2.09. The predicted octanol–water partition coefficient (Wildman–Crippen LogP) is 1.31. The molecule has 0 bridgehead atoms. The fourth-order valence-corrected chi connectivity index (χ4v) is 2.21. The quantitative estimate of drug-likeness (QED) is 0.766. The van der Waals surface area contributed by atoms with E-state index in [1.807, 2.05) is 13.8 Å². The predicted molar refractivity (Wildman–Crippen MR) is 62.9 cm³/mol. The molecule has 1 N–H and O–H groups in total. The number of sulfonamides is 1. The van der Waals surface area contributed by atoms with Gasteiger partial charge in [-0.1, -0.05) is 17.7 Å². The highest BCUT2D eigenvalue weighted by Gasteiger charge is 2.12. The van der Waals surface area contributed by atoms with Crippen molar-refractivity contribution in [3.63, 3.8) is 0 Å². The first-order valence-electron chi connectivity index (χ1n) is 5.20. The van der Waals surface area contributed by atoms with Gasteiger partial charge in [0.2, 0.25) is 10.0 Å². The minimum Gasteiger partial charge on any atom is -0.380 e. The van der Waals surface area contributed by atoms with E-state index in [4.69, 9.17) is 4.74 Å². The van der Waals surface area contributed by atoms with Crippen molar-refractivity contribution in [1.82, 2.24) is 4.72 Å². The molecular weight excluding hydrogens is 226 g/mol. The maximum absolute atomic E-state index is 11.7. The molecule has 0 aliphatic rings. The fraction of sp³-hybridized carbons (Fsp3) is 0.455. The zero-order chi connectivity index (χ0) is 12.0. The summed E-state index contributed by atoms with van der Waals surface area (Å²) in [6, 6.07) is 6.74. The van der Waals surface area contributed by atoms with Crippen LogP contribution in [0.1, 0.15) is 12.5 Å². The smallest absolute Gasteiger partial charge is 0.240 e. The topological polar surface area (TPSA) is 55.4 Å². The molecule has 0 radical (unpaired) electrons. The van der Waals surface area contributed by atoms with Crippen molar-refractivity contribution in [3.8, 4) is 0 Å². The normalized spacial score (nSPS) is 11.6. The Morgan fingerprint density at radius 3 is 2.44 bits per heavy atom. The molecule has 0 amide bonds. The third-order valence-electron chi connectivity index (χ3n) is 2.07. The Bertz CT molecular complexity index is 411. The van der Waals surface area contributed by atoms with Crippen LogP contribution in [-0.2, 0) is 14.8 Å². The maximum atomic E-state index is 11.7. The van der Waals surface area contributed by atoms with Crippen LogP contribution in [0.5, 0.6) is 0 Å². The van der Waals surface area contributed by atoms with E-state index < -0.39 is 10.0 Å². The van der Waals surface area contributed by atoms with Gasteiger partial charge in [0.05, 0.1) is 11.5 Å². The van der Waals surface area contributed by atoms with Gasteiger partial charge < -0.3 is 4.74 Å². The van der Waals surface area contributed by atoms with E-state index in [1.165, 1.54) is 0 Å². The largest absolute Gasteiger partial charge is 0.380 e. The molecule has 1 aromatic rings. The Morgan fingerprint density at radius 1 is 1.25 bits per heavy atom. The van der Waals surface area contributed by atoms with E-state index in [-0.39, 0.29) is 4.90 Å². The molecule has 0 saturated heterocycles. The molecule has 0 spiro atoms. The second-order valence-corrected chi connectivity index (χ2v) is 5.17. The zero-order valence-electron chi connectivity index (χ0n) is 9.56. The van der Waals surface area contributed by atoms with E-state index in [1.54, 1.807) is 24.3 Å². The maximum Gasteiger partial charge on any atom is 0.240 e. The number of hydrogen-bond acceptors (Lipinski definition) is 3. The van der Waals surface area contributed by atoms with Crippen molar-refractivity contribution in [3.05, 3.63) is 29.8 Å². The first-order valence-corrected chi connectivity index (χ1v) is 6.68. The van der Waals surface area contributed by atoms with Gasteiger partial charge in [-0.15, -0.1) is 0 Å². The molecule has 90 valence electrons. The second-order valence-electron chi connectivity index (χ2n) is 3.41. The van der Waals surface area contributed by atoms with E-state index in [9.17, 15) is 8.42 Å².